The van der Waals surface area contributed by atoms with Crippen molar-refractivity contribution in [2.75, 3.05) is 35.3 Å². The second kappa shape index (κ2) is 8.69. The first-order chi connectivity index (χ1) is 12.3. The number of benzene rings is 2. The predicted molar refractivity (Wildman–Crippen MR) is 104 cm³/mol. The van der Waals surface area contributed by atoms with Gasteiger partial charge in [-0.1, -0.05) is 30.3 Å². The van der Waals surface area contributed by atoms with Crippen LogP contribution in [0.1, 0.15) is 17.2 Å². The summed E-state index contributed by atoms with van der Waals surface area (Å²) in [5.74, 6) is 1.24. The third kappa shape index (κ3) is 4.65. The lowest BCUT2D eigenvalue weighted by Gasteiger charge is -2.30. The smallest absolute Gasteiger partial charge is 0.394 e. The van der Waals surface area contributed by atoms with Crippen LogP contribution in [-0.2, 0) is 11.0 Å². The molecule has 2 aromatic carbocycles. The van der Waals surface area contributed by atoms with Gasteiger partial charge in [0.1, 0.15) is 11.5 Å². The van der Waals surface area contributed by atoms with Crippen LogP contribution in [0.5, 0.6) is 11.5 Å². The topological polar surface area (TPSA) is 62.2 Å². The Morgan fingerprint density at radius 3 is 2.12 bits per heavy atom. The van der Waals surface area contributed by atoms with Gasteiger partial charge in [0.15, 0.2) is 0 Å². The number of methoxy groups -OCH3 is 1. The molecule has 2 rings (SSSR count). The largest absolute Gasteiger partial charge is 0.497 e. The van der Waals surface area contributed by atoms with E-state index in [0.29, 0.717) is 12.2 Å². The second-order valence-corrected chi connectivity index (χ2v) is 9.14. The fraction of sp³-hybridized carbons (Fsp3) is 0.368. The molecule has 1 atom stereocenters. The zero-order valence-corrected chi connectivity index (χ0v) is 16.8. The predicted octanol–water partition coefficient (Wildman–Crippen LogP) is 3.58. The number of para-hydroxylation sites is 1. The molecule has 6 nitrogen and oxygen atoms in total. The van der Waals surface area contributed by atoms with Crippen LogP contribution in [0.15, 0.2) is 48.5 Å². The first-order valence-corrected chi connectivity index (χ1v) is 9.86. The Hall–Kier alpha value is -1.85. The Balaban J connectivity index is 2.24. The first kappa shape index (κ1) is 20.5. The van der Waals surface area contributed by atoms with E-state index < -0.39 is 13.8 Å². The SMILES string of the molecule is COc1ccc(C(O)Cc2ccccc2OP(=O)(N(C)C)N(C)C)cc1. The Morgan fingerprint density at radius 1 is 1.00 bits per heavy atom. The van der Waals surface area contributed by atoms with Gasteiger partial charge in [-0.2, -0.15) is 0 Å². The van der Waals surface area contributed by atoms with Crippen molar-refractivity contribution >= 4 is 7.67 Å². The highest BCUT2D eigenvalue weighted by Crippen LogP contribution is 2.51. The molecule has 0 fully saturated rings. The molecule has 7 heteroatoms. The summed E-state index contributed by atoms with van der Waals surface area (Å²) in [5.41, 5.74) is 1.57. The van der Waals surface area contributed by atoms with E-state index >= 15 is 0 Å². The molecule has 1 unspecified atom stereocenters. The highest BCUT2D eigenvalue weighted by molar-refractivity contribution is 7.54. The fourth-order valence-electron chi connectivity index (χ4n) is 2.56. The second-order valence-electron chi connectivity index (χ2n) is 6.38. The molecule has 26 heavy (non-hydrogen) atoms. The summed E-state index contributed by atoms with van der Waals surface area (Å²) in [4.78, 5) is 0. The summed E-state index contributed by atoms with van der Waals surface area (Å²) >= 11 is 0. The lowest BCUT2D eigenvalue weighted by Crippen LogP contribution is -2.24. The summed E-state index contributed by atoms with van der Waals surface area (Å²) < 4.78 is 27.3. The normalized spacial score (nSPS) is 13.1. The summed E-state index contributed by atoms with van der Waals surface area (Å²) in [5, 5.41) is 10.6. The number of ether oxygens (including phenoxy) is 1. The lowest BCUT2D eigenvalue weighted by molar-refractivity contribution is 0.177. The van der Waals surface area contributed by atoms with Crippen LogP contribution in [0.2, 0.25) is 0 Å². The van der Waals surface area contributed by atoms with Gasteiger partial charge in [-0.25, -0.2) is 13.9 Å². The lowest BCUT2D eigenvalue weighted by atomic mass is 10.0. The van der Waals surface area contributed by atoms with Crippen LogP contribution < -0.4 is 9.26 Å². The van der Waals surface area contributed by atoms with E-state index in [1.807, 2.05) is 42.5 Å². The quantitative estimate of drug-likeness (QED) is 0.709. The minimum Gasteiger partial charge on any atom is -0.497 e. The van der Waals surface area contributed by atoms with E-state index in [1.165, 1.54) is 0 Å². The summed E-state index contributed by atoms with van der Waals surface area (Å²) in [6.07, 6.45) is -0.354. The third-order valence-electron chi connectivity index (χ3n) is 4.11. The first-order valence-electron chi connectivity index (χ1n) is 8.33. The maximum atomic E-state index is 13.1. The van der Waals surface area contributed by atoms with Gasteiger partial charge < -0.3 is 14.4 Å². The van der Waals surface area contributed by atoms with Crippen LogP contribution in [0.25, 0.3) is 0 Å². The van der Waals surface area contributed by atoms with E-state index in [9.17, 15) is 9.67 Å². The molecule has 0 aliphatic carbocycles. The van der Waals surface area contributed by atoms with Crippen LogP contribution in [-0.4, -0.2) is 49.7 Å². The zero-order valence-electron chi connectivity index (χ0n) is 15.9. The van der Waals surface area contributed by atoms with E-state index in [2.05, 4.69) is 0 Å². The average Bonchev–Trinajstić information content (AvgIpc) is 2.62. The van der Waals surface area contributed by atoms with Gasteiger partial charge in [0, 0.05) is 6.42 Å². The molecule has 0 spiro atoms. The molecular formula is C19H27N2O4P. The van der Waals surface area contributed by atoms with Crippen LogP contribution in [0.3, 0.4) is 0 Å². The zero-order chi connectivity index (χ0) is 19.3. The molecule has 0 heterocycles. The molecule has 0 aliphatic heterocycles. The Kier molecular flexibility index (Phi) is 6.84. The van der Waals surface area contributed by atoms with Crippen LogP contribution >= 0.6 is 7.67 Å². The van der Waals surface area contributed by atoms with Crippen molar-refractivity contribution in [3.63, 3.8) is 0 Å². The van der Waals surface area contributed by atoms with E-state index in [0.717, 1.165) is 16.9 Å². The van der Waals surface area contributed by atoms with Crippen molar-refractivity contribution in [2.45, 2.75) is 12.5 Å². The molecule has 0 amide bonds. The van der Waals surface area contributed by atoms with Crippen molar-refractivity contribution < 1.29 is 18.9 Å². The van der Waals surface area contributed by atoms with E-state index in [1.54, 1.807) is 50.7 Å². The van der Waals surface area contributed by atoms with Gasteiger partial charge in [-0.15, -0.1) is 0 Å². The van der Waals surface area contributed by atoms with Crippen LogP contribution in [0, 0.1) is 0 Å². The molecule has 0 saturated heterocycles. The molecule has 0 radical (unpaired) electrons. The number of aliphatic hydroxyl groups is 1. The van der Waals surface area contributed by atoms with Gasteiger partial charge in [0.25, 0.3) is 0 Å². The summed E-state index contributed by atoms with van der Waals surface area (Å²) in [6, 6.07) is 14.6. The summed E-state index contributed by atoms with van der Waals surface area (Å²) in [6.45, 7) is 0. The van der Waals surface area contributed by atoms with Gasteiger partial charge in [-0.3, -0.25) is 0 Å². The van der Waals surface area contributed by atoms with Crippen molar-refractivity contribution in [1.29, 1.82) is 0 Å². The molecule has 2 aromatic rings. The molecule has 0 aromatic heterocycles. The highest BCUT2D eigenvalue weighted by atomic mass is 31.2. The fourth-order valence-corrected chi connectivity index (χ4v) is 4.04. The van der Waals surface area contributed by atoms with E-state index in [4.69, 9.17) is 9.26 Å². The minimum absolute atomic E-state index is 0.351. The van der Waals surface area contributed by atoms with Gasteiger partial charge in [0.2, 0.25) is 0 Å². The Morgan fingerprint density at radius 2 is 1.58 bits per heavy atom. The number of rotatable bonds is 8. The molecule has 0 saturated carbocycles. The molecule has 1 N–H and O–H groups in total. The number of hydrogen-bond donors (Lipinski definition) is 1. The van der Waals surface area contributed by atoms with Crippen molar-refractivity contribution in [3.8, 4) is 11.5 Å². The standard InChI is InChI=1S/C19H27N2O4P/c1-20(2)26(23,21(3)4)25-19-9-7-6-8-16(19)14-18(22)15-10-12-17(24-5)13-11-15/h6-13,18,22H,14H2,1-5H3. The number of nitrogens with zero attached hydrogens (tertiary/aromatic N) is 2. The highest BCUT2D eigenvalue weighted by Gasteiger charge is 2.32. The third-order valence-corrected chi connectivity index (χ3v) is 6.57. The number of hydrogen-bond acceptors (Lipinski definition) is 4. The van der Waals surface area contributed by atoms with Crippen molar-refractivity contribution in [2.24, 2.45) is 0 Å². The maximum Gasteiger partial charge on any atom is 0.394 e. The minimum atomic E-state index is -3.17. The van der Waals surface area contributed by atoms with Gasteiger partial charge in [-0.05, 0) is 57.5 Å². The average molecular weight is 378 g/mol. The number of aliphatic hydroxyl groups excluding tert-OH is 1. The van der Waals surface area contributed by atoms with Crippen molar-refractivity contribution in [3.05, 3.63) is 59.7 Å². The van der Waals surface area contributed by atoms with Gasteiger partial charge in [0.05, 0.1) is 13.2 Å². The Labute approximate surface area is 155 Å². The monoisotopic (exact) mass is 378 g/mol. The molecule has 0 aliphatic rings. The maximum absolute atomic E-state index is 13.1. The van der Waals surface area contributed by atoms with Crippen molar-refractivity contribution in [1.82, 2.24) is 9.34 Å². The van der Waals surface area contributed by atoms with Crippen LogP contribution in [0.4, 0.5) is 0 Å². The molecule has 0 bridgehead atoms. The Bertz CT molecular complexity index is 750. The molecule has 142 valence electrons. The molecular weight excluding hydrogens is 351 g/mol. The summed E-state index contributed by atoms with van der Waals surface area (Å²) in [7, 11) is 5.31. The van der Waals surface area contributed by atoms with Gasteiger partial charge >= 0.3 is 7.67 Å². The van der Waals surface area contributed by atoms with E-state index in [-0.39, 0.29) is 0 Å².